The second kappa shape index (κ2) is 1.21. The maximum atomic E-state index is 10.2. The van der Waals surface area contributed by atoms with Crippen LogP contribution >= 0.6 is 0 Å². The van der Waals surface area contributed by atoms with Crippen LogP contribution in [0, 0.1) is 0 Å². The van der Waals surface area contributed by atoms with Crippen LogP contribution in [-0.4, -0.2) is 22.7 Å². The van der Waals surface area contributed by atoms with Crippen LogP contribution in [0.2, 0.25) is 0 Å². The number of amides is 1. The van der Waals surface area contributed by atoms with Crippen molar-refractivity contribution in [2.75, 3.05) is 0 Å². The minimum absolute atomic E-state index is 0.308. The van der Waals surface area contributed by atoms with Crippen molar-refractivity contribution in [1.82, 2.24) is 0 Å². The van der Waals surface area contributed by atoms with Gasteiger partial charge in [0.2, 0.25) is 0 Å². The number of nitrogens with two attached hydrogens (primary N) is 2. The highest BCUT2D eigenvalue weighted by Crippen LogP contribution is 2.32. The topological polar surface area (TPSA) is 89.3 Å². The largest absolute Gasteiger partial charge is 0.378 e. The maximum Gasteiger partial charge on any atom is 0.251 e. The molecule has 46 valence electrons. The molecule has 1 amide bonds. The highest BCUT2D eigenvalue weighted by Gasteiger charge is 2.55. The lowest BCUT2D eigenvalue weighted by Gasteiger charge is -1.98. The summed E-state index contributed by atoms with van der Waals surface area (Å²) in [4.78, 5) is 10.2. The van der Waals surface area contributed by atoms with Crippen molar-refractivity contribution in [1.29, 1.82) is 0 Å². The van der Waals surface area contributed by atoms with E-state index in [1.807, 2.05) is 0 Å². The number of carbonyl (C=O) groups is 1. The van der Waals surface area contributed by atoms with E-state index in [1.165, 1.54) is 0 Å². The average molecular weight is 116 g/mol. The zero-order valence-corrected chi connectivity index (χ0v) is 4.29. The molecule has 2 unspecified atom stereocenters. The molecular weight excluding hydrogens is 108 g/mol. The first-order valence-corrected chi connectivity index (χ1v) is 2.35. The molecule has 5 N–H and O–H groups in total. The fourth-order valence-corrected chi connectivity index (χ4v) is 0.560. The van der Waals surface area contributed by atoms with Crippen LogP contribution in [0.4, 0.5) is 0 Å². The Hall–Kier alpha value is -0.610. The van der Waals surface area contributed by atoms with Crippen molar-refractivity contribution in [3.63, 3.8) is 0 Å². The molecule has 0 aromatic rings. The molecule has 1 aliphatic rings. The van der Waals surface area contributed by atoms with Gasteiger partial charge in [0.25, 0.3) is 5.91 Å². The lowest BCUT2D eigenvalue weighted by atomic mass is 10.3. The Morgan fingerprint density at radius 1 is 1.88 bits per heavy atom. The van der Waals surface area contributed by atoms with E-state index >= 15 is 0 Å². The van der Waals surface area contributed by atoms with Crippen molar-refractivity contribution in [3.05, 3.63) is 0 Å². The molecule has 1 aliphatic carbocycles. The molecule has 0 heterocycles. The van der Waals surface area contributed by atoms with Gasteiger partial charge in [-0.15, -0.1) is 0 Å². The van der Waals surface area contributed by atoms with Gasteiger partial charge in [0, 0.05) is 12.5 Å². The Morgan fingerprint density at radius 2 is 2.25 bits per heavy atom. The third-order valence-electron chi connectivity index (χ3n) is 1.41. The molecule has 1 rings (SSSR count). The summed E-state index contributed by atoms with van der Waals surface area (Å²) in [6.07, 6.45) is 0.308. The van der Waals surface area contributed by atoms with Gasteiger partial charge in [0.1, 0.15) is 0 Å². The molecule has 1 fully saturated rings. The quantitative estimate of drug-likeness (QED) is 0.368. The fourth-order valence-electron chi connectivity index (χ4n) is 0.560. The van der Waals surface area contributed by atoms with Gasteiger partial charge < -0.3 is 16.6 Å². The van der Waals surface area contributed by atoms with Gasteiger partial charge in [-0.3, -0.25) is 4.79 Å². The van der Waals surface area contributed by atoms with E-state index in [1.54, 1.807) is 0 Å². The van der Waals surface area contributed by atoms with E-state index in [2.05, 4.69) is 0 Å². The van der Waals surface area contributed by atoms with E-state index < -0.39 is 17.6 Å². The van der Waals surface area contributed by atoms with Crippen LogP contribution in [-0.2, 0) is 4.79 Å². The monoisotopic (exact) mass is 116 g/mol. The number of primary amides is 1. The predicted octanol–water partition coefficient (Wildman–Crippen LogP) is -2.07. The molecule has 4 heteroatoms. The average Bonchev–Trinajstić information content (AvgIpc) is 2.17. The molecule has 0 spiro atoms. The number of aliphatic hydroxyl groups is 1. The standard InChI is InChI=1S/C4H8N2O2/c5-2-1-4(2,8)3(6)7/h2,8H,1,5H2,(H2,6,7). The van der Waals surface area contributed by atoms with E-state index in [9.17, 15) is 4.79 Å². The van der Waals surface area contributed by atoms with Crippen LogP contribution < -0.4 is 11.5 Å². The Balaban J connectivity index is 2.60. The molecule has 4 nitrogen and oxygen atoms in total. The number of hydrogen-bond acceptors (Lipinski definition) is 3. The summed E-state index contributed by atoms with van der Waals surface area (Å²) in [6.45, 7) is 0. The zero-order chi connectivity index (χ0) is 6.36. The third-order valence-corrected chi connectivity index (χ3v) is 1.41. The molecule has 1 saturated carbocycles. The lowest BCUT2D eigenvalue weighted by Crippen LogP contribution is -2.35. The first-order valence-electron chi connectivity index (χ1n) is 2.35. The Labute approximate surface area is 46.5 Å². The molecule has 0 aromatic heterocycles. The first-order chi connectivity index (χ1) is 3.57. The maximum absolute atomic E-state index is 10.2. The van der Waals surface area contributed by atoms with Gasteiger partial charge in [0.05, 0.1) is 0 Å². The number of carbonyl (C=O) groups excluding carboxylic acids is 1. The molecule has 0 radical (unpaired) electrons. The molecule has 0 aliphatic heterocycles. The van der Waals surface area contributed by atoms with Crippen LogP contribution in [0.1, 0.15) is 6.42 Å². The fraction of sp³-hybridized carbons (Fsp3) is 0.750. The molecular formula is C4H8N2O2. The highest BCUT2D eigenvalue weighted by molar-refractivity contribution is 5.87. The summed E-state index contributed by atoms with van der Waals surface area (Å²) in [5.74, 6) is -0.718. The van der Waals surface area contributed by atoms with Crippen molar-refractivity contribution < 1.29 is 9.90 Å². The Bertz CT molecular complexity index is 136. The summed E-state index contributed by atoms with van der Waals surface area (Å²) in [5, 5.41) is 8.88. The second-order valence-electron chi connectivity index (χ2n) is 2.10. The number of hydrogen-bond donors (Lipinski definition) is 3. The van der Waals surface area contributed by atoms with Gasteiger partial charge in [-0.1, -0.05) is 0 Å². The minimum atomic E-state index is -1.38. The van der Waals surface area contributed by atoms with Crippen molar-refractivity contribution >= 4 is 5.91 Å². The first kappa shape index (κ1) is 5.53. The van der Waals surface area contributed by atoms with Gasteiger partial charge in [-0.05, 0) is 0 Å². The van der Waals surface area contributed by atoms with Crippen molar-refractivity contribution in [2.45, 2.75) is 18.1 Å². The predicted molar refractivity (Wildman–Crippen MR) is 26.7 cm³/mol. The van der Waals surface area contributed by atoms with E-state index in [0.29, 0.717) is 6.42 Å². The summed E-state index contributed by atoms with van der Waals surface area (Å²) in [5.41, 5.74) is 8.53. The minimum Gasteiger partial charge on any atom is -0.378 e. The van der Waals surface area contributed by atoms with Crippen LogP contribution in [0.3, 0.4) is 0 Å². The second-order valence-corrected chi connectivity index (χ2v) is 2.10. The van der Waals surface area contributed by atoms with Gasteiger partial charge in [-0.2, -0.15) is 0 Å². The van der Waals surface area contributed by atoms with Crippen molar-refractivity contribution in [2.24, 2.45) is 11.5 Å². The Morgan fingerprint density at radius 3 is 2.25 bits per heavy atom. The van der Waals surface area contributed by atoms with Gasteiger partial charge in [0.15, 0.2) is 5.60 Å². The van der Waals surface area contributed by atoms with Crippen LogP contribution in [0.25, 0.3) is 0 Å². The van der Waals surface area contributed by atoms with Gasteiger partial charge in [-0.25, -0.2) is 0 Å². The van der Waals surface area contributed by atoms with Crippen molar-refractivity contribution in [3.8, 4) is 0 Å². The zero-order valence-electron chi connectivity index (χ0n) is 4.29. The Kier molecular flexibility index (Phi) is 0.835. The number of rotatable bonds is 1. The SMILES string of the molecule is NC(=O)C1(O)CC1N. The molecule has 2 atom stereocenters. The van der Waals surface area contributed by atoms with E-state index in [0.717, 1.165) is 0 Å². The van der Waals surface area contributed by atoms with E-state index in [-0.39, 0.29) is 0 Å². The molecule has 8 heavy (non-hydrogen) atoms. The van der Waals surface area contributed by atoms with Crippen LogP contribution in [0.5, 0.6) is 0 Å². The molecule has 0 bridgehead atoms. The van der Waals surface area contributed by atoms with Gasteiger partial charge >= 0.3 is 0 Å². The highest BCUT2D eigenvalue weighted by atomic mass is 16.3. The summed E-state index contributed by atoms with van der Waals surface area (Å²) < 4.78 is 0. The normalized spacial score (nSPS) is 44.0. The summed E-state index contributed by atoms with van der Waals surface area (Å²) in [7, 11) is 0. The lowest BCUT2D eigenvalue weighted by molar-refractivity contribution is -0.128. The summed E-state index contributed by atoms with van der Waals surface area (Å²) in [6, 6.07) is -0.431. The smallest absolute Gasteiger partial charge is 0.251 e. The summed E-state index contributed by atoms with van der Waals surface area (Å²) >= 11 is 0. The van der Waals surface area contributed by atoms with E-state index in [4.69, 9.17) is 16.6 Å². The third kappa shape index (κ3) is 0.502. The van der Waals surface area contributed by atoms with Crippen LogP contribution in [0.15, 0.2) is 0 Å². The molecule has 0 aromatic carbocycles. The molecule has 0 saturated heterocycles.